The van der Waals surface area contributed by atoms with Crippen molar-refractivity contribution in [2.75, 3.05) is 53.5 Å². The number of aliphatic imine (C=N–C) groups is 1. The van der Waals surface area contributed by atoms with Crippen LogP contribution in [-0.4, -0.2) is 64.3 Å². The van der Waals surface area contributed by atoms with E-state index in [9.17, 15) is 0 Å². The fraction of sp³-hybridized carbons (Fsp3) is 0.938. The molecule has 0 heterocycles. The molecule has 0 spiro atoms. The molecule has 0 aromatic rings. The average molecular weight is 300 g/mol. The number of unbranched alkanes of at least 4 members (excludes halogenated alkanes) is 4. The van der Waals surface area contributed by atoms with Gasteiger partial charge < -0.3 is 20.3 Å². The zero-order valence-electron chi connectivity index (χ0n) is 14.6. The Balaban J connectivity index is 3.59. The molecule has 0 bridgehead atoms. The number of ether oxygens (including phenoxy) is 1. The van der Waals surface area contributed by atoms with Gasteiger partial charge in [0, 0.05) is 26.2 Å². The molecule has 0 unspecified atom stereocenters. The highest BCUT2D eigenvalue weighted by molar-refractivity contribution is 5.79. The molecule has 2 N–H and O–H groups in total. The van der Waals surface area contributed by atoms with Crippen LogP contribution in [0.3, 0.4) is 0 Å². The lowest BCUT2D eigenvalue weighted by Gasteiger charge is -2.11. The van der Waals surface area contributed by atoms with E-state index in [0.29, 0.717) is 0 Å². The van der Waals surface area contributed by atoms with E-state index in [0.717, 1.165) is 38.8 Å². The molecule has 0 radical (unpaired) electrons. The van der Waals surface area contributed by atoms with Crippen molar-refractivity contribution in [2.24, 2.45) is 4.99 Å². The predicted octanol–water partition coefficient (Wildman–Crippen LogP) is 2.09. The minimum atomic E-state index is 0.729. The number of guanidine groups is 1. The van der Waals surface area contributed by atoms with Gasteiger partial charge in [-0.1, -0.05) is 19.3 Å². The third-order valence-electron chi connectivity index (χ3n) is 3.12. The summed E-state index contributed by atoms with van der Waals surface area (Å²) in [4.78, 5) is 6.84. The van der Waals surface area contributed by atoms with Gasteiger partial charge in [-0.2, -0.15) is 0 Å². The summed E-state index contributed by atoms with van der Waals surface area (Å²) in [6.45, 7) is 9.40. The summed E-state index contributed by atoms with van der Waals surface area (Å²) in [6.07, 6.45) is 6.39. The Morgan fingerprint density at radius 2 is 1.71 bits per heavy atom. The van der Waals surface area contributed by atoms with Gasteiger partial charge in [0.2, 0.25) is 0 Å². The van der Waals surface area contributed by atoms with Crippen molar-refractivity contribution >= 4 is 5.96 Å². The van der Waals surface area contributed by atoms with Crippen LogP contribution in [0, 0.1) is 0 Å². The molecule has 0 aliphatic carbocycles. The lowest BCUT2D eigenvalue weighted by molar-refractivity contribution is 0.152. The first kappa shape index (κ1) is 20.2. The molecular weight excluding hydrogens is 264 g/mol. The summed E-state index contributed by atoms with van der Waals surface area (Å²) < 4.78 is 5.31. The molecule has 0 aliphatic heterocycles. The molecule has 0 fully saturated rings. The molecule has 5 heteroatoms. The third-order valence-corrected chi connectivity index (χ3v) is 3.12. The minimum Gasteiger partial charge on any atom is -0.380 e. The van der Waals surface area contributed by atoms with Gasteiger partial charge in [-0.25, -0.2) is 0 Å². The highest BCUT2D eigenvalue weighted by atomic mass is 16.5. The van der Waals surface area contributed by atoms with E-state index in [2.05, 4.69) is 41.5 Å². The van der Waals surface area contributed by atoms with Gasteiger partial charge in [-0.3, -0.25) is 4.99 Å². The highest BCUT2D eigenvalue weighted by Gasteiger charge is 1.96. The quantitative estimate of drug-likeness (QED) is 0.311. The third kappa shape index (κ3) is 15.4. The van der Waals surface area contributed by atoms with Gasteiger partial charge in [-0.15, -0.1) is 0 Å². The van der Waals surface area contributed by atoms with Crippen molar-refractivity contribution in [3.05, 3.63) is 0 Å². The van der Waals surface area contributed by atoms with Crippen LogP contribution in [0.2, 0.25) is 0 Å². The normalized spacial score (nSPS) is 12.0. The van der Waals surface area contributed by atoms with Gasteiger partial charge in [-0.05, 0) is 47.3 Å². The standard InChI is InChI=1S/C16H36N4O/c1-5-17-16(19-13-15-21-6-2)18-12-10-8-7-9-11-14-20(3)4/h5-15H2,1-4H3,(H2,17,18,19). The smallest absolute Gasteiger partial charge is 0.191 e. The van der Waals surface area contributed by atoms with Crippen LogP contribution in [0.4, 0.5) is 0 Å². The van der Waals surface area contributed by atoms with E-state index in [1.54, 1.807) is 0 Å². The largest absolute Gasteiger partial charge is 0.380 e. The molecule has 5 nitrogen and oxygen atoms in total. The van der Waals surface area contributed by atoms with Gasteiger partial charge in [0.25, 0.3) is 0 Å². The van der Waals surface area contributed by atoms with Crippen molar-refractivity contribution in [1.29, 1.82) is 0 Å². The maximum Gasteiger partial charge on any atom is 0.191 e. The first-order valence-electron chi connectivity index (χ1n) is 8.45. The van der Waals surface area contributed by atoms with E-state index in [1.165, 1.54) is 38.6 Å². The van der Waals surface area contributed by atoms with Crippen molar-refractivity contribution in [2.45, 2.75) is 46.0 Å². The Morgan fingerprint density at radius 1 is 1.00 bits per heavy atom. The molecule has 0 saturated carbocycles. The molecule has 0 rings (SSSR count). The Kier molecular flexibility index (Phi) is 15.0. The van der Waals surface area contributed by atoms with E-state index >= 15 is 0 Å². The second-order valence-electron chi connectivity index (χ2n) is 5.46. The summed E-state index contributed by atoms with van der Waals surface area (Å²) in [5.41, 5.74) is 0. The van der Waals surface area contributed by atoms with Gasteiger partial charge in [0.15, 0.2) is 5.96 Å². The van der Waals surface area contributed by atoms with Crippen LogP contribution in [0.25, 0.3) is 0 Å². The number of hydrogen-bond acceptors (Lipinski definition) is 3. The van der Waals surface area contributed by atoms with Gasteiger partial charge >= 0.3 is 0 Å². The molecular formula is C16H36N4O. The molecule has 0 aromatic heterocycles. The highest BCUT2D eigenvalue weighted by Crippen LogP contribution is 2.03. The summed E-state index contributed by atoms with van der Waals surface area (Å²) >= 11 is 0. The second-order valence-corrected chi connectivity index (χ2v) is 5.46. The van der Waals surface area contributed by atoms with Gasteiger partial charge in [0.05, 0.1) is 6.61 Å². The molecule has 0 aromatic carbocycles. The SMILES string of the molecule is CCNC(=NCCCCCCCN(C)C)NCCOCC. The maximum atomic E-state index is 5.31. The van der Waals surface area contributed by atoms with E-state index in [1.807, 2.05) is 6.92 Å². The Labute approximate surface area is 131 Å². The average Bonchev–Trinajstić information content (AvgIpc) is 2.45. The van der Waals surface area contributed by atoms with E-state index in [4.69, 9.17) is 4.74 Å². The van der Waals surface area contributed by atoms with Crippen LogP contribution in [-0.2, 0) is 4.74 Å². The first-order valence-corrected chi connectivity index (χ1v) is 8.45. The van der Waals surface area contributed by atoms with Crippen LogP contribution in [0.15, 0.2) is 4.99 Å². The molecule has 0 atom stereocenters. The summed E-state index contributed by atoms with van der Waals surface area (Å²) in [5.74, 6) is 0.907. The fourth-order valence-corrected chi connectivity index (χ4v) is 1.99. The van der Waals surface area contributed by atoms with Crippen LogP contribution < -0.4 is 10.6 Å². The minimum absolute atomic E-state index is 0.729. The Morgan fingerprint density at radius 3 is 2.38 bits per heavy atom. The number of nitrogens with one attached hydrogen (secondary N) is 2. The lowest BCUT2D eigenvalue weighted by atomic mass is 10.1. The zero-order chi connectivity index (χ0) is 15.8. The summed E-state index contributed by atoms with van der Waals surface area (Å²) in [7, 11) is 4.27. The van der Waals surface area contributed by atoms with Crippen molar-refractivity contribution in [3.8, 4) is 0 Å². The monoisotopic (exact) mass is 300 g/mol. The van der Waals surface area contributed by atoms with Crippen LogP contribution >= 0.6 is 0 Å². The van der Waals surface area contributed by atoms with Crippen molar-refractivity contribution < 1.29 is 4.74 Å². The molecule has 0 amide bonds. The number of hydrogen-bond donors (Lipinski definition) is 2. The van der Waals surface area contributed by atoms with Crippen LogP contribution in [0.1, 0.15) is 46.0 Å². The Hall–Kier alpha value is -0.810. The fourth-order valence-electron chi connectivity index (χ4n) is 1.99. The predicted molar refractivity (Wildman–Crippen MR) is 92.1 cm³/mol. The Bertz CT molecular complexity index is 244. The maximum absolute atomic E-state index is 5.31. The first-order chi connectivity index (χ1) is 10.2. The van der Waals surface area contributed by atoms with Crippen molar-refractivity contribution in [3.63, 3.8) is 0 Å². The molecule has 0 saturated heterocycles. The molecule has 21 heavy (non-hydrogen) atoms. The lowest BCUT2D eigenvalue weighted by Crippen LogP contribution is -2.39. The van der Waals surface area contributed by atoms with E-state index in [-0.39, 0.29) is 0 Å². The number of nitrogens with zero attached hydrogens (tertiary/aromatic N) is 2. The van der Waals surface area contributed by atoms with Crippen LogP contribution in [0.5, 0.6) is 0 Å². The summed E-state index contributed by atoms with van der Waals surface area (Å²) in [6, 6.07) is 0. The second kappa shape index (κ2) is 15.6. The van der Waals surface area contributed by atoms with E-state index < -0.39 is 0 Å². The molecule has 0 aliphatic rings. The zero-order valence-corrected chi connectivity index (χ0v) is 14.6. The summed E-state index contributed by atoms with van der Waals surface area (Å²) in [5, 5.41) is 6.55. The topological polar surface area (TPSA) is 48.9 Å². The molecule has 126 valence electrons. The van der Waals surface area contributed by atoms with Crippen molar-refractivity contribution in [1.82, 2.24) is 15.5 Å². The number of rotatable bonds is 13. The van der Waals surface area contributed by atoms with Gasteiger partial charge in [0.1, 0.15) is 0 Å².